The van der Waals surface area contributed by atoms with Crippen molar-refractivity contribution in [3.63, 3.8) is 0 Å². The van der Waals surface area contributed by atoms with Crippen LogP contribution in [0.15, 0.2) is 23.1 Å². The van der Waals surface area contributed by atoms with Crippen molar-refractivity contribution in [3.8, 4) is 6.07 Å². The molecule has 1 unspecified atom stereocenters. The van der Waals surface area contributed by atoms with Gasteiger partial charge in [-0.25, -0.2) is 13.1 Å². The molecule has 5 nitrogen and oxygen atoms in total. The zero-order chi connectivity index (χ0) is 15.2. The number of nitrogens with zero attached hydrogens (tertiary/aromatic N) is 1. The van der Waals surface area contributed by atoms with Gasteiger partial charge in [0.1, 0.15) is 4.90 Å². The number of halogens is 1. The summed E-state index contributed by atoms with van der Waals surface area (Å²) < 4.78 is 32.1. The van der Waals surface area contributed by atoms with E-state index >= 15 is 0 Å². The second-order valence-electron chi connectivity index (χ2n) is 4.32. The molecule has 0 saturated carbocycles. The largest absolute Gasteiger partial charge is 0.383 e. The Balaban J connectivity index is 3.01. The molecule has 0 spiro atoms. The summed E-state index contributed by atoms with van der Waals surface area (Å²) in [5, 5.41) is 8.78. The standard InChI is InChI=1S/C13H17ClN2O3S/c1-3-4-11(9-19-2)16-20(17,18)13-6-5-10(8-15)7-12(13)14/h5-7,11,16H,3-4,9H2,1-2H3. The Morgan fingerprint density at radius 2 is 2.20 bits per heavy atom. The van der Waals surface area contributed by atoms with E-state index < -0.39 is 10.0 Å². The maximum atomic E-state index is 12.3. The molecule has 110 valence electrons. The Hall–Kier alpha value is -1.13. The first-order valence-corrected chi connectivity index (χ1v) is 8.01. The quantitative estimate of drug-likeness (QED) is 0.837. The summed E-state index contributed by atoms with van der Waals surface area (Å²) in [6.45, 7) is 2.26. The highest BCUT2D eigenvalue weighted by atomic mass is 35.5. The Morgan fingerprint density at radius 1 is 1.50 bits per heavy atom. The van der Waals surface area contributed by atoms with Crippen molar-refractivity contribution in [2.75, 3.05) is 13.7 Å². The molecule has 0 aliphatic carbocycles. The lowest BCUT2D eigenvalue weighted by Crippen LogP contribution is -2.38. The Kier molecular flexibility index (Phi) is 6.43. The van der Waals surface area contributed by atoms with Crippen molar-refractivity contribution in [2.45, 2.75) is 30.7 Å². The van der Waals surface area contributed by atoms with E-state index in [-0.39, 0.29) is 16.0 Å². The van der Waals surface area contributed by atoms with E-state index in [0.29, 0.717) is 18.6 Å². The van der Waals surface area contributed by atoms with E-state index in [2.05, 4.69) is 4.72 Å². The predicted molar refractivity (Wildman–Crippen MR) is 77.1 cm³/mol. The maximum absolute atomic E-state index is 12.3. The van der Waals surface area contributed by atoms with Gasteiger partial charge in [0.2, 0.25) is 10.0 Å². The third-order valence-electron chi connectivity index (χ3n) is 2.68. The molecule has 0 radical (unpaired) electrons. The second kappa shape index (κ2) is 7.60. The number of benzene rings is 1. The third-order valence-corrected chi connectivity index (χ3v) is 4.68. The fraction of sp³-hybridized carbons (Fsp3) is 0.462. The van der Waals surface area contributed by atoms with Crippen LogP contribution in [0.4, 0.5) is 0 Å². The van der Waals surface area contributed by atoms with E-state index in [1.165, 1.54) is 25.3 Å². The molecule has 1 atom stereocenters. The van der Waals surface area contributed by atoms with E-state index in [9.17, 15) is 8.42 Å². The van der Waals surface area contributed by atoms with E-state index in [4.69, 9.17) is 21.6 Å². The Labute approximate surface area is 124 Å². The number of nitrogens with one attached hydrogen (secondary N) is 1. The number of nitriles is 1. The lowest BCUT2D eigenvalue weighted by Gasteiger charge is -2.17. The van der Waals surface area contributed by atoms with Crippen LogP contribution in [0.5, 0.6) is 0 Å². The zero-order valence-corrected chi connectivity index (χ0v) is 13.0. The summed E-state index contributed by atoms with van der Waals surface area (Å²) in [4.78, 5) is -0.0321. The summed E-state index contributed by atoms with van der Waals surface area (Å²) in [6.07, 6.45) is 1.50. The van der Waals surface area contributed by atoms with Crippen molar-refractivity contribution in [2.24, 2.45) is 0 Å². The van der Waals surface area contributed by atoms with Crippen LogP contribution in [0.3, 0.4) is 0 Å². The van der Waals surface area contributed by atoms with E-state index in [1.54, 1.807) is 0 Å². The molecule has 0 amide bonds. The van der Waals surface area contributed by atoms with Crippen LogP contribution < -0.4 is 4.72 Å². The fourth-order valence-corrected chi connectivity index (χ4v) is 3.60. The molecule has 0 saturated heterocycles. The van der Waals surface area contributed by atoms with Crippen molar-refractivity contribution in [1.82, 2.24) is 4.72 Å². The van der Waals surface area contributed by atoms with Gasteiger partial charge in [-0.05, 0) is 24.6 Å². The minimum atomic E-state index is -3.73. The lowest BCUT2D eigenvalue weighted by molar-refractivity contribution is 0.171. The molecule has 0 aliphatic heterocycles. The Morgan fingerprint density at radius 3 is 2.70 bits per heavy atom. The number of rotatable bonds is 7. The topological polar surface area (TPSA) is 79.2 Å². The molecule has 7 heteroatoms. The minimum absolute atomic E-state index is 0.0317. The number of sulfonamides is 1. The smallest absolute Gasteiger partial charge is 0.242 e. The predicted octanol–water partition coefficient (Wildman–Crippen LogP) is 2.31. The molecule has 1 aromatic rings. The fourth-order valence-electron chi connectivity index (χ4n) is 1.80. The number of hydrogen-bond acceptors (Lipinski definition) is 4. The molecule has 20 heavy (non-hydrogen) atoms. The molecule has 0 heterocycles. The van der Waals surface area contributed by atoms with Crippen molar-refractivity contribution < 1.29 is 13.2 Å². The van der Waals surface area contributed by atoms with Gasteiger partial charge in [-0.15, -0.1) is 0 Å². The highest BCUT2D eigenvalue weighted by Gasteiger charge is 2.22. The third kappa shape index (κ3) is 4.46. The number of hydrogen-bond donors (Lipinski definition) is 1. The minimum Gasteiger partial charge on any atom is -0.383 e. The van der Waals surface area contributed by atoms with Gasteiger partial charge in [0, 0.05) is 13.2 Å². The maximum Gasteiger partial charge on any atom is 0.242 e. The molecule has 0 bridgehead atoms. The number of methoxy groups -OCH3 is 1. The van der Waals surface area contributed by atoms with Crippen LogP contribution in [0.1, 0.15) is 25.3 Å². The summed E-state index contributed by atoms with van der Waals surface area (Å²) in [5.74, 6) is 0. The monoisotopic (exact) mass is 316 g/mol. The van der Waals surface area contributed by atoms with Gasteiger partial charge in [0.05, 0.1) is 23.3 Å². The first-order chi connectivity index (χ1) is 9.44. The van der Waals surface area contributed by atoms with Gasteiger partial charge in [-0.2, -0.15) is 5.26 Å². The molecular formula is C13H17ClN2O3S. The van der Waals surface area contributed by atoms with Gasteiger partial charge in [-0.1, -0.05) is 24.9 Å². The zero-order valence-electron chi connectivity index (χ0n) is 11.4. The number of ether oxygens (including phenoxy) is 1. The van der Waals surface area contributed by atoms with Crippen molar-refractivity contribution in [3.05, 3.63) is 28.8 Å². The van der Waals surface area contributed by atoms with Gasteiger partial charge < -0.3 is 4.74 Å². The second-order valence-corrected chi connectivity index (χ2v) is 6.41. The summed E-state index contributed by atoms with van der Waals surface area (Å²) in [5.41, 5.74) is 0.316. The van der Waals surface area contributed by atoms with Crippen molar-refractivity contribution in [1.29, 1.82) is 5.26 Å². The SMILES string of the molecule is CCCC(COC)NS(=O)(=O)c1ccc(C#N)cc1Cl. The van der Waals surface area contributed by atoms with Crippen LogP contribution in [0.2, 0.25) is 5.02 Å². The molecule has 0 aromatic heterocycles. The van der Waals surface area contributed by atoms with Crippen LogP contribution in [-0.2, 0) is 14.8 Å². The Bertz CT molecular complexity index is 590. The molecule has 0 aliphatic rings. The highest BCUT2D eigenvalue weighted by molar-refractivity contribution is 7.89. The summed E-state index contributed by atoms with van der Waals surface area (Å²) >= 11 is 5.93. The average Bonchev–Trinajstić information content (AvgIpc) is 2.38. The van der Waals surface area contributed by atoms with Gasteiger partial charge in [0.25, 0.3) is 0 Å². The molecule has 1 N–H and O–H groups in total. The first kappa shape index (κ1) is 16.9. The van der Waals surface area contributed by atoms with Crippen LogP contribution in [0, 0.1) is 11.3 Å². The van der Waals surface area contributed by atoms with Gasteiger partial charge in [0.15, 0.2) is 0 Å². The van der Waals surface area contributed by atoms with E-state index in [1.807, 2.05) is 13.0 Å². The molecular weight excluding hydrogens is 300 g/mol. The summed E-state index contributed by atoms with van der Waals surface area (Å²) in [6, 6.07) is 5.69. The normalized spacial score (nSPS) is 12.9. The lowest BCUT2D eigenvalue weighted by atomic mass is 10.2. The molecule has 0 fully saturated rings. The summed E-state index contributed by atoms with van der Waals surface area (Å²) in [7, 11) is -2.21. The van der Waals surface area contributed by atoms with Crippen LogP contribution in [-0.4, -0.2) is 28.2 Å². The van der Waals surface area contributed by atoms with Gasteiger partial charge >= 0.3 is 0 Å². The first-order valence-electron chi connectivity index (χ1n) is 6.15. The average molecular weight is 317 g/mol. The van der Waals surface area contributed by atoms with Crippen LogP contribution in [0.25, 0.3) is 0 Å². The van der Waals surface area contributed by atoms with Crippen LogP contribution >= 0.6 is 11.6 Å². The van der Waals surface area contributed by atoms with Crippen molar-refractivity contribution >= 4 is 21.6 Å². The van der Waals surface area contributed by atoms with E-state index in [0.717, 1.165) is 6.42 Å². The van der Waals surface area contributed by atoms with Gasteiger partial charge in [-0.3, -0.25) is 0 Å². The highest BCUT2D eigenvalue weighted by Crippen LogP contribution is 2.22. The molecule has 1 aromatic carbocycles. The molecule has 1 rings (SSSR count).